The van der Waals surface area contributed by atoms with Crippen molar-refractivity contribution < 1.29 is 22.4 Å². The third-order valence-electron chi connectivity index (χ3n) is 4.92. The largest absolute Gasteiger partial charge is 0.435 e. The van der Waals surface area contributed by atoms with Crippen molar-refractivity contribution in [3.05, 3.63) is 76.9 Å². The Morgan fingerprint density at radius 3 is 2.07 bits per heavy atom. The lowest BCUT2D eigenvalue weighted by atomic mass is 10.0. The number of fused-ring (bicyclic) bond motifs is 1. The number of halogens is 4. The number of aromatic nitrogens is 3. The van der Waals surface area contributed by atoms with E-state index < -0.39 is 29.3 Å². The van der Waals surface area contributed by atoms with Gasteiger partial charge < -0.3 is 4.90 Å². The highest BCUT2D eigenvalue weighted by molar-refractivity contribution is 5.93. The summed E-state index contributed by atoms with van der Waals surface area (Å²) in [4.78, 5) is 14.3. The number of rotatable bonds is 2. The minimum absolute atomic E-state index is 0.0338. The van der Waals surface area contributed by atoms with Crippen LogP contribution in [0.4, 0.5) is 17.6 Å². The van der Waals surface area contributed by atoms with Crippen molar-refractivity contribution in [3.8, 4) is 5.69 Å². The summed E-state index contributed by atoms with van der Waals surface area (Å²) in [5.41, 5.74) is 0.0971. The van der Waals surface area contributed by atoms with Crippen LogP contribution in [0.15, 0.2) is 48.5 Å². The molecule has 0 atom stereocenters. The van der Waals surface area contributed by atoms with E-state index in [9.17, 15) is 22.4 Å². The number of carbonyl (C=O) groups excluding carboxylic acids is 1. The highest BCUT2D eigenvalue weighted by Gasteiger charge is 2.43. The quantitative estimate of drug-likeness (QED) is 0.613. The second kappa shape index (κ2) is 7.31. The monoisotopic (exact) mass is 404 g/mol. The van der Waals surface area contributed by atoms with Gasteiger partial charge in [0.05, 0.1) is 5.69 Å². The van der Waals surface area contributed by atoms with Crippen molar-refractivity contribution in [1.29, 1.82) is 0 Å². The average Bonchev–Trinajstić information content (AvgIpc) is 3.03. The zero-order valence-corrected chi connectivity index (χ0v) is 15.2. The fourth-order valence-corrected chi connectivity index (χ4v) is 3.46. The van der Waals surface area contributed by atoms with Crippen molar-refractivity contribution in [2.24, 2.45) is 0 Å². The van der Waals surface area contributed by atoms with Crippen molar-refractivity contribution in [2.75, 3.05) is 13.1 Å². The highest BCUT2D eigenvalue weighted by atomic mass is 19.4. The molecule has 1 aliphatic heterocycles. The SMILES string of the molecule is O=C(c1nnn(-c2ccc(F)cc2)c1C(F)(F)F)N1CCc2ccccc2CC1. The maximum absolute atomic E-state index is 13.8. The Bertz CT molecular complexity index is 1020. The first-order valence-electron chi connectivity index (χ1n) is 8.99. The number of amides is 1. The Labute approximate surface area is 163 Å². The molecule has 1 amide bonds. The number of carbonyl (C=O) groups is 1. The van der Waals surface area contributed by atoms with Crippen molar-refractivity contribution in [2.45, 2.75) is 19.0 Å². The summed E-state index contributed by atoms with van der Waals surface area (Å²) >= 11 is 0. The zero-order chi connectivity index (χ0) is 20.6. The topological polar surface area (TPSA) is 51.0 Å². The van der Waals surface area contributed by atoms with Gasteiger partial charge in [0.2, 0.25) is 0 Å². The Kier molecular flexibility index (Phi) is 4.81. The molecule has 2 aromatic carbocycles. The van der Waals surface area contributed by atoms with E-state index in [0.717, 1.165) is 35.4 Å². The predicted octanol–water partition coefficient (Wildman–Crippen LogP) is 3.67. The second-order valence-electron chi connectivity index (χ2n) is 6.73. The molecule has 2 heterocycles. The third-order valence-corrected chi connectivity index (χ3v) is 4.92. The minimum Gasteiger partial charge on any atom is -0.337 e. The summed E-state index contributed by atoms with van der Waals surface area (Å²) in [7, 11) is 0. The molecule has 1 aromatic heterocycles. The van der Waals surface area contributed by atoms with Crippen LogP contribution in [-0.2, 0) is 19.0 Å². The number of hydrogen-bond acceptors (Lipinski definition) is 3. The number of benzene rings is 2. The molecule has 1 aliphatic rings. The first kappa shape index (κ1) is 19.1. The van der Waals surface area contributed by atoms with E-state index in [1.807, 2.05) is 24.3 Å². The van der Waals surface area contributed by atoms with E-state index in [-0.39, 0.29) is 18.8 Å². The molecule has 0 unspecified atom stereocenters. The Hall–Kier alpha value is -3.23. The molecule has 0 N–H and O–H groups in total. The van der Waals surface area contributed by atoms with E-state index >= 15 is 0 Å². The fraction of sp³-hybridized carbons (Fsp3) is 0.250. The van der Waals surface area contributed by atoms with Gasteiger partial charge in [-0.1, -0.05) is 29.5 Å². The molecule has 3 aromatic rings. The van der Waals surface area contributed by atoms with Gasteiger partial charge in [-0.25, -0.2) is 9.07 Å². The van der Waals surface area contributed by atoms with E-state index in [1.54, 1.807) is 0 Å². The lowest BCUT2D eigenvalue weighted by molar-refractivity contribution is -0.143. The molecule has 29 heavy (non-hydrogen) atoms. The first-order chi connectivity index (χ1) is 13.8. The third kappa shape index (κ3) is 3.72. The summed E-state index contributed by atoms with van der Waals surface area (Å²) in [6.07, 6.45) is -3.76. The molecule has 150 valence electrons. The molecule has 0 fully saturated rings. The summed E-state index contributed by atoms with van der Waals surface area (Å²) < 4.78 is 55.0. The average molecular weight is 404 g/mol. The van der Waals surface area contributed by atoms with Crippen molar-refractivity contribution in [1.82, 2.24) is 19.9 Å². The molecule has 0 bridgehead atoms. The Balaban J connectivity index is 1.68. The summed E-state index contributed by atoms with van der Waals surface area (Å²) in [5, 5.41) is 7.08. The maximum atomic E-state index is 13.8. The van der Waals surface area contributed by atoms with Crippen LogP contribution in [0.1, 0.15) is 27.3 Å². The number of alkyl halides is 3. The first-order valence-corrected chi connectivity index (χ1v) is 8.99. The van der Waals surface area contributed by atoms with Gasteiger partial charge in [-0.15, -0.1) is 5.10 Å². The fourth-order valence-electron chi connectivity index (χ4n) is 3.46. The smallest absolute Gasteiger partial charge is 0.337 e. The molecule has 0 spiro atoms. The van der Waals surface area contributed by atoms with Crippen LogP contribution in [-0.4, -0.2) is 38.9 Å². The molecule has 4 rings (SSSR count). The molecule has 5 nitrogen and oxygen atoms in total. The molecule has 0 saturated carbocycles. The molecule has 0 saturated heterocycles. The standard InChI is InChI=1S/C20H16F4N4O/c21-15-5-7-16(8-6-15)28-18(20(22,23)24)17(25-26-28)19(29)27-11-9-13-3-1-2-4-14(13)10-12-27/h1-8H,9-12H2. The number of nitrogens with zero attached hydrogens (tertiary/aromatic N) is 4. The summed E-state index contributed by atoms with van der Waals surface area (Å²) in [6, 6.07) is 12.0. The van der Waals surface area contributed by atoms with Crippen molar-refractivity contribution >= 4 is 5.91 Å². The van der Waals surface area contributed by atoms with Crippen LogP contribution >= 0.6 is 0 Å². The van der Waals surface area contributed by atoms with Crippen LogP contribution in [0.2, 0.25) is 0 Å². The normalized spacial score (nSPS) is 14.4. The molecular formula is C20H16F4N4O. The van der Waals surface area contributed by atoms with Gasteiger partial charge in [0, 0.05) is 13.1 Å². The summed E-state index contributed by atoms with van der Waals surface area (Å²) in [5.74, 6) is -1.42. The molecule has 0 aliphatic carbocycles. The van der Waals surface area contributed by atoms with Gasteiger partial charge in [0.15, 0.2) is 11.4 Å². The predicted molar refractivity (Wildman–Crippen MR) is 96.1 cm³/mol. The van der Waals surface area contributed by atoms with E-state index in [2.05, 4.69) is 10.3 Å². The van der Waals surface area contributed by atoms with Crippen LogP contribution in [0.5, 0.6) is 0 Å². The van der Waals surface area contributed by atoms with Crippen molar-refractivity contribution in [3.63, 3.8) is 0 Å². The van der Waals surface area contributed by atoms with Crippen LogP contribution in [0, 0.1) is 5.82 Å². The molecule has 0 radical (unpaired) electrons. The van der Waals surface area contributed by atoms with E-state index in [1.165, 1.54) is 4.90 Å². The van der Waals surface area contributed by atoms with Gasteiger partial charge in [0.1, 0.15) is 5.82 Å². The lowest BCUT2D eigenvalue weighted by Gasteiger charge is -2.20. The molecule has 9 heteroatoms. The second-order valence-corrected chi connectivity index (χ2v) is 6.73. The Morgan fingerprint density at radius 1 is 0.931 bits per heavy atom. The van der Waals surface area contributed by atoms with Crippen LogP contribution in [0.25, 0.3) is 5.69 Å². The number of hydrogen-bond donors (Lipinski definition) is 0. The molecular weight excluding hydrogens is 388 g/mol. The highest BCUT2D eigenvalue weighted by Crippen LogP contribution is 2.33. The van der Waals surface area contributed by atoms with Gasteiger partial charge in [-0.2, -0.15) is 13.2 Å². The van der Waals surface area contributed by atoms with Crippen LogP contribution < -0.4 is 0 Å². The van der Waals surface area contributed by atoms with E-state index in [4.69, 9.17) is 0 Å². The van der Waals surface area contributed by atoms with E-state index in [0.29, 0.717) is 17.5 Å². The van der Waals surface area contributed by atoms with Crippen LogP contribution in [0.3, 0.4) is 0 Å². The van der Waals surface area contributed by atoms with Gasteiger partial charge in [0.25, 0.3) is 5.91 Å². The van der Waals surface area contributed by atoms with Gasteiger partial charge in [-0.3, -0.25) is 4.79 Å². The summed E-state index contributed by atoms with van der Waals surface area (Å²) in [6.45, 7) is 0.576. The van der Waals surface area contributed by atoms with Gasteiger partial charge >= 0.3 is 6.18 Å². The maximum Gasteiger partial charge on any atom is 0.435 e. The Morgan fingerprint density at radius 2 is 1.52 bits per heavy atom. The minimum atomic E-state index is -4.86. The van der Waals surface area contributed by atoms with Gasteiger partial charge in [-0.05, 0) is 48.2 Å². The lowest BCUT2D eigenvalue weighted by Crippen LogP contribution is -2.35. The zero-order valence-electron chi connectivity index (χ0n) is 15.2.